The number of likely N-dealkylation sites (tertiary alicyclic amines) is 1. The van der Waals surface area contributed by atoms with Gasteiger partial charge in [0.15, 0.2) is 0 Å². The zero-order valence-corrected chi connectivity index (χ0v) is 18.7. The number of aliphatic carboxylic acids is 1. The van der Waals surface area contributed by atoms with Crippen LogP contribution in [0.4, 0.5) is 4.79 Å². The van der Waals surface area contributed by atoms with E-state index in [9.17, 15) is 9.59 Å². The predicted octanol–water partition coefficient (Wildman–Crippen LogP) is 4.35. The van der Waals surface area contributed by atoms with Crippen molar-refractivity contribution in [3.05, 3.63) is 64.4 Å². The second-order valence-corrected chi connectivity index (χ2v) is 9.17. The summed E-state index contributed by atoms with van der Waals surface area (Å²) in [4.78, 5) is 29.6. The molecule has 0 unspecified atom stereocenters. The fourth-order valence-corrected chi connectivity index (χ4v) is 5.23. The quantitative estimate of drug-likeness (QED) is 0.607. The third-order valence-electron chi connectivity index (χ3n) is 6.36. The van der Waals surface area contributed by atoms with Crippen molar-refractivity contribution >= 4 is 28.0 Å². The maximum absolute atomic E-state index is 12.4. The van der Waals surface area contributed by atoms with Crippen LogP contribution in [0, 0.1) is 5.41 Å². The van der Waals surface area contributed by atoms with Crippen molar-refractivity contribution < 1.29 is 24.2 Å². The number of nitrogens with zero attached hydrogens (tertiary/aromatic N) is 2. The Bertz CT molecular complexity index is 936. The molecular weight excluding hydrogens is 464 g/mol. The molecule has 1 spiro atoms. The summed E-state index contributed by atoms with van der Waals surface area (Å²) in [5.74, 6) is -0.990. The Labute approximate surface area is 189 Å². The minimum Gasteiger partial charge on any atom is -0.480 e. The third-order valence-corrected chi connectivity index (χ3v) is 6.99. The average molecular weight is 489 g/mol. The van der Waals surface area contributed by atoms with Gasteiger partial charge in [-0.05, 0) is 53.2 Å². The van der Waals surface area contributed by atoms with Gasteiger partial charge in [0, 0.05) is 30.3 Å². The number of halogens is 1. The summed E-state index contributed by atoms with van der Waals surface area (Å²) in [6.45, 7) is 1.23. The zero-order valence-electron chi connectivity index (χ0n) is 17.1. The molecule has 2 heterocycles. The zero-order chi connectivity index (χ0) is 21.9. The minimum atomic E-state index is -0.990. The van der Waals surface area contributed by atoms with Crippen molar-refractivity contribution in [3.63, 3.8) is 0 Å². The van der Waals surface area contributed by atoms with Gasteiger partial charge in [0.25, 0.3) is 0 Å². The highest BCUT2D eigenvalue weighted by Crippen LogP contribution is 2.52. The van der Waals surface area contributed by atoms with Crippen molar-refractivity contribution in [2.24, 2.45) is 5.41 Å². The molecule has 0 bridgehead atoms. The van der Waals surface area contributed by atoms with Crippen molar-refractivity contribution in [2.75, 3.05) is 19.7 Å². The first kappa shape index (κ1) is 21.8. The highest BCUT2D eigenvalue weighted by molar-refractivity contribution is 9.10. The van der Waals surface area contributed by atoms with Crippen LogP contribution in [-0.2, 0) is 26.5 Å². The molecule has 7 nitrogen and oxygen atoms in total. The molecule has 1 aliphatic carbocycles. The number of hydrogen-bond donors (Lipinski definition) is 1. The molecule has 2 aliphatic rings. The van der Waals surface area contributed by atoms with Crippen LogP contribution in [0.15, 0.2) is 53.3 Å². The van der Waals surface area contributed by atoms with Crippen molar-refractivity contribution in [2.45, 2.75) is 37.9 Å². The lowest BCUT2D eigenvalue weighted by molar-refractivity contribution is -0.160. The molecule has 1 amide bonds. The molecule has 2 aromatic rings. The van der Waals surface area contributed by atoms with Gasteiger partial charge in [-0.3, -0.25) is 0 Å². The molecule has 1 aromatic carbocycles. The second kappa shape index (κ2) is 8.96. The molecule has 2 fully saturated rings. The number of ether oxygens (including phenoxy) is 2. The van der Waals surface area contributed by atoms with Crippen molar-refractivity contribution in [1.82, 2.24) is 9.88 Å². The van der Waals surface area contributed by atoms with Crippen LogP contribution in [-0.4, -0.2) is 46.7 Å². The Morgan fingerprint density at radius 2 is 1.77 bits per heavy atom. The first-order valence-corrected chi connectivity index (χ1v) is 11.1. The summed E-state index contributed by atoms with van der Waals surface area (Å²) in [6, 6.07) is 13.4. The van der Waals surface area contributed by atoms with Gasteiger partial charge in [-0.1, -0.05) is 36.4 Å². The number of carbonyl (C=O) groups excluding carboxylic acids is 1. The van der Waals surface area contributed by atoms with Gasteiger partial charge in [0.1, 0.15) is 17.8 Å². The van der Waals surface area contributed by atoms with E-state index in [2.05, 4.69) is 20.9 Å². The largest absolute Gasteiger partial charge is 0.480 e. The van der Waals surface area contributed by atoms with Gasteiger partial charge >= 0.3 is 12.1 Å². The van der Waals surface area contributed by atoms with E-state index in [0.29, 0.717) is 30.5 Å². The van der Waals surface area contributed by atoms with Gasteiger partial charge < -0.3 is 19.5 Å². The summed E-state index contributed by atoms with van der Waals surface area (Å²) in [6.07, 6.45) is 4.44. The van der Waals surface area contributed by atoms with Gasteiger partial charge in [-0.15, -0.1) is 0 Å². The molecule has 164 valence electrons. The standard InChI is InChI=1S/C23H25BrN2O5/c24-20-18(7-4-12-25-20)23(31-14-19(27)28)10-8-22(9-11-23)15-26(16-22)21(29)30-13-17-5-2-1-3-6-17/h1-7,12H,8-11,13-16H2,(H,27,28). The molecule has 1 saturated heterocycles. The number of benzene rings is 1. The summed E-state index contributed by atoms with van der Waals surface area (Å²) < 4.78 is 12.1. The highest BCUT2D eigenvalue weighted by Gasteiger charge is 2.52. The van der Waals surface area contributed by atoms with E-state index in [1.54, 1.807) is 11.1 Å². The predicted molar refractivity (Wildman–Crippen MR) is 116 cm³/mol. The van der Waals surface area contributed by atoms with E-state index in [4.69, 9.17) is 14.6 Å². The van der Waals surface area contributed by atoms with Crippen LogP contribution in [0.3, 0.4) is 0 Å². The van der Waals surface area contributed by atoms with Gasteiger partial charge in [-0.25, -0.2) is 14.6 Å². The van der Waals surface area contributed by atoms with E-state index in [-0.39, 0.29) is 24.7 Å². The number of rotatable bonds is 6. The Kier molecular flexibility index (Phi) is 6.29. The van der Waals surface area contributed by atoms with E-state index < -0.39 is 11.6 Å². The van der Waals surface area contributed by atoms with Crippen LogP contribution in [0.1, 0.15) is 36.8 Å². The number of carboxylic acid groups (broad SMARTS) is 1. The fourth-order valence-electron chi connectivity index (χ4n) is 4.62. The van der Waals surface area contributed by atoms with Crippen LogP contribution < -0.4 is 0 Å². The lowest BCUT2D eigenvalue weighted by Crippen LogP contribution is -2.60. The SMILES string of the molecule is O=C(O)COC1(c2cccnc2Br)CCC2(CC1)CN(C(=O)OCc1ccccc1)C2. The van der Waals surface area contributed by atoms with Crippen LogP contribution in [0.5, 0.6) is 0 Å². The Balaban J connectivity index is 1.36. The Hall–Kier alpha value is -2.45. The van der Waals surface area contributed by atoms with Gasteiger partial charge in [0.2, 0.25) is 0 Å². The fraction of sp³-hybridized carbons (Fsp3) is 0.435. The maximum atomic E-state index is 12.4. The van der Waals surface area contributed by atoms with Crippen molar-refractivity contribution in [3.8, 4) is 0 Å². The number of pyridine rings is 1. The van der Waals surface area contributed by atoms with Gasteiger partial charge in [0.05, 0.1) is 5.60 Å². The highest BCUT2D eigenvalue weighted by atomic mass is 79.9. The van der Waals surface area contributed by atoms with E-state index in [1.165, 1.54) is 0 Å². The molecule has 31 heavy (non-hydrogen) atoms. The molecule has 8 heteroatoms. The lowest BCUT2D eigenvalue weighted by Gasteiger charge is -2.55. The van der Waals surface area contributed by atoms with E-state index in [1.807, 2.05) is 42.5 Å². The number of carboxylic acids is 1. The third kappa shape index (κ3) is 4.75. The van der Waals surface area contributed by atoms with Gasteiger partial charge in [-0.2, -0.15) is 0 Å². The first-order valence-electron chi connectivity index (χ1n) is 10.3. The number of hydrogen-bond acceptors (Lipinski definition) is 5. The number of carbonyl (C=O) groups is 2. The Morgan fingerprint density at radius 1 is 1.06 bits per heavy atom. The molecular formula is C23H25BrN2O5. The number of aromatic nitrogens is 1. The summed E-state index contributed by atoms with van der Waals surface area (Å²) in [5, 5.41) is 9.15. The maximum Gasteiger partial charge on any atom is 0.410 e. The summed E-state index contributed by atoms with van der Waals surface area (Å²) in [5.41, 5.74) is 1.19. The molecule has 1 saturated carbocycles. The molecule has 1 aromatic heterocycles. The monoisotopic (exact) mass is 488 g/mol. The summed E-state index contributed by atoms with van der Waals surface area (Å²) in [7, 11) is 0. The van der Waals surface area contributed by atoms with Crippen molar-refractivity contribution in [1.29, 1.82) is 0 Å². The first-order chi connectivity index (χ1) is 14.9. The molecule has 1 N–H and O–H groups in total. The summed E-state index contributed by atoms with van der Waals surface area (Å²) >= 11 is 3.49. The molecule has 1 aliphatic heterocycles. The Morgan fingerprint density at radius 3 is 2.42 bits per heavy atom. The van der Waals surface area contributed by atoms with Crippen LogP contribution in [0.25, 0.3) is 0 Å². The molecule has 0 radical (unpaired) electrons. The topological polar surface area (TPSA) is 89.0 Å². The lowest BCUT2D eigenvalue weighted by atomic mass is 9.63. The molecule has 0 atom stereocenters. The van der Waals surface area contributed by atoms with Crippen LogP contribution in [0.2, 0.25) is 0 Å². The number of amides is 1. The van der Waals surface area contributed by atoms with E-state index in [0.717, 1.165) is 24.0 Å². The molecule has 4 rings (SSSR count). The normalized spacial score (nSPS) is 18.9. The minimum absolute atomic E-state index is 0.0382. The second-order valence-electron chi connectivity index (χ2n) is 8.41. The smallest absolute Gasteiger partial charge is 0.410 e. The van der Waals surface area contributed by atoms with Crippen LogP contribution >= 0.6 is 15.9 Å². The van der Waals surface area contributed by atoms with E-state index >= 15 is 0 Å². The average Bonchev–Trinajstić information content (AvgIpc) is 2.76.